The number of aromatic nitrogens is 1. The quantitative estimate of drug-likeness (QED) is 0.724. The fraction of sp³-hybridized carbons (Fsp3) is 0.591. The van der Waals surface area contributed by atoms with E-state index in [1.807, 2.05) is 22.3 Å². The number of likely N-dealkylation sites (N-methyl/N-ethyl adjacent to an activating group) is 1. The first-order valence-corrected chi connectivity index (χ1v) is 11.6. The largest absolute Gasteiger partial charge is 0.348 e. The number of amides is 2. The van der Waals surface area contributed by atoms with Gasteiger partial charge in [0.1, 0.15) is 0 Å². The van der Waals surface area contributed by atoms with E-state index in [1.165, 1.54) is 9.71 Å². The Labute approximate surface area is 182 Å². The Bertz CT molecular complexity index is 850. The van der Waals surface area contributed by atoms with Crippen molar-refractivity contribution in [3.8, 4) is 0 Å². The number of carbonyl (C=O) groups is 2. The number of piperidine rings is 1. The fourth-order valence-corrected chi connectivity index (χ4v) is 5.32. The van der Waals surface area contributed by atoms with Gasteiger partial charge in [0.25, 0.3) is 0 Å². The summed E-state index contributed by atoms with van der Waals surface area (Å²) in [7, 11) is 3.56. The van der Waals surface area contributed by atoms with E-state index < -0.39 is 0 Å². The van der Waals surface area contributed by atoms with Crippen LogP contribution < -0.4 is 0 Å². The van der Waals surface area contributed by atoms with Crippen molar-refractivity contribution in [1.82, 2.24) is 24.6 Å². The number of rotatable bonds is 5. The molecule has 0 radical (unpaired) electrons. The zero-order chi connectivity index (χ0) is 21.1. The monoisotopic (exact) mass is 429 g/mol. The Balaban J connectivity index is 1.21. The first kappa shape index (κ1) is 21.2. The lowest BCUT2D eigenvalue weighted by atomic mass is 9.97. The van der Waals surface area contributed by atoms with Gasteiger partial charge in [0.15, 0.2) is 0 Å². The topological polar surface area (TPSA) is 60.0 Å². The van der Waals surface area contributed by atoms with Gasteiger partial charge in [-0.05, 0) is 38.1 Å². The third-order valence-electron chi connectivity index (χ3n) is 6.19. The molecule has 0 unspecified atom stereocenters. The molecule has 2 saturated heterocycles. The molecule has 8 heteroatoms. The van der Waals surface area contributed by atoms with E-state index in [9.17, 15) is 9.59 Å². The van der Waals surface area contributed by atoms with E-state index >= 15 is 0 Å². The summed E-state index contributed by atoms with van der Waals surface area (Å²) < 4.78 is 1.26. The Kier molecular flexibility index (Phi) is 6.65. The zero-order valence-electron chi connectivity index (χ0n) is 17.9. The molecule has 30 heavy (non-hydrogen) atoms. The van der Waals surface area contributed by atoms with Crippen molar-refractivity contribution in [3.63, 3.8) is 0 Å². The molecule has 1 aromatic carbocycles. The van der Waals surface area contributed by atoms with Crippen molar-refractivity contribution >= 4 is 33.4 Å². The summed E-state index contributed by atoms with van der Waals surface area (Å²) in [5.41, 5.74) is 1.10. The number of fused-ring (bicyclic) bond motifs is 1. The maximum Gasteiger partial charge on any atom is 0.236 e. The maximum atomic E-state index is 12.8. The van der Waals surface area contributed by atoms with Crippen LogP contribution in [0.1, 0.15) is 23.8 Å². The highest BCUT2D eigenvalue weighted by atomic mass is 32.1. The van der Waals surface area contributed by atoms with Crippen LogP contribution in [0, 0.1) is 0 Å². The van der Waals surface area contributed by atoms with Crippen LogP contribution in [-0.4, -0.2) is 103 Å². The van der Waals surface area contributed by atoms with Crippen molar-refractivity contribution in [3.05, 3.63) is 29.3 Å². The molecule has 0 N–H and O–H groups in total. The average Bonchev–Trinajstić information content (AvgIpc) is 3.19. The molecule has 0 spiro atoms. The van der Waals surface area contributed by atoms with Gasteiger partial charge in [-0.1, -0.05) is 12.1 Å². The number of nitrogens with zero attached hydrogens (tertiary/aromatic N) is 5. The number of likely N-dealkylation sites (tertiary alicyclic amines) is 1. The van der Waals surface area contributed by atoms with E-state index in [0.29, 0.717) is 32.1 Å². The number of carbonyl (C=O) groups excluding carboxylic acids is 2. The molecular weight excluding hydrogens is 398 g/mol. The summed E-state index contributed by atoms with van der Waals surface area (Å²) in [6, 6.07) is 8.33. The summed E-state index contributed by atoms with van der Waals surface area (Å²) in [5.74, 6) is 0.837. The highest BCUT2D eigenvalue weighted by molar-refractivity contribution is 7.18. The highest BCUT2D eigenvalue weighted by Crippen LogP contribution is 2.33. The summed E-state index contributed by atoms with van der Waals surface area (Å²) in [5, 5.41) is 1.24. The number of hydrogen-bond donors (Lipinski definition) is 0. The van der Waals surface area contributed by atoms with E-state index in [0.717, 1.165) is 44.5 Å². The van der Waals surface area contributed by atoms with Gasteiger partial charge in [-0.25, -0.2) is 4.98 Å². The third kappa shape index (κ3) is 4.99. The van der Waals surface area contributed by atoms with Gasteiger partial charge in [-0.3, -0.25) is 19.4 Å². The number of para-hydroxylation sites is 1. The first-order valence-electron chi connectivity index (χ1n) is 10.8. The van der Waals surface area contributed by atoms with Crippen LogP contribution in [0.15, 0.2) is 24.3 Å². The van der Waals surface area contributed by atoms with Crippen molar-refractivity contribution in [2.75, 3.05) is 66.5 Å². The Morgan fingerprint density at radius 3 is 2.33 bits per heavy atom. The molecule has 2 aliphatic rings. The predicted molar refractivity (Wildman–Crippen MR) is 120 cm³/mol. The molecule has 0 aliphatic carbocycles. The second-order valence-corrected chi connectivity index (χ2v) is 9.58. The van der Waals surface area contributed by atoms with Crippen molar-refractivity contribution in [2.45, 2.75) is 18.8 Å². The van der Waals surface area contributed by atoms with Gasteiger partial charge in [-0.15, -0.1) is 11.3 Å². The molecule has 0 saturated carbocycles. The second-order valence-electron chi connectivity index (χ2n) is 8.52. The van der Waals surface area contributed by atoms with Gasteiger partial charge >= 0.3 is 0 Å². The minimum Gasteiger partial charge on any atom is -0.348 e. The van der Waals surface area contributed by atoms with E-state index in [2.05, 4.69) is 28.0 Å². The number of hydrogen-bond acceptors (Lipinski definition) is 6. The molecule has 2 aliphatic heterocycles. The molecule has 2 aromatic rings. The van der Waals surface area contributed by atoms with Crippen LogP contribution in [-0.2, 0) is 9.59 Å². The molecule has 3 heterocycles. The van der Waals surface area contributed by atoms with Crippen LogP contribution in [0.5, 0.6) is 0 Å². The van der Waals surface area contributed by atoms with Gasteiger partial charge in [-0.2, -0.15) is 0 Å². The second kappa shape index (κ2) is 9.41. The normalized spacial score (nSPS) is 19.3. The Morgan fingerprint density at radius 1 is 1.00 bits per heavy atom. The standard InChI is InChI=1S/C22H31N5O2S/c1-24(2)20(28)15-26-11-13-27(14-12-26)21(29)16-25-9-7-17(8-10-25)22-23-18-5-3-4-6-19(18)30-22/h3-6,17H,7-16H2,1-2H3. The smallest absolute Gasteiger partial charge is 0.236 e. The summed E-state index contributed by atoms with van der Waals surface area (Å²) in [4.78, 5) is 37.4. The molecule has 0 bridgehead atoms. The van der Waals surface area contributed by atoms with E-state index in [1.54, 1.807) is 19.0 Å². The maximum absolute atomic E-state index is 12.8. The summed E-state index contributed by atoms with van der Waals surface area (Å²) >= 11 is 1.81. The van der Waals surface area contributed by atoms with Crippen molar-refractivity contribution in [2.24, 2.45) is 0 Å². The molecular formula is C22H31N5O2S. The van der Waals surface area contributed by atoms with Crippen molar-refractivity contribution < 1.29 is 9.59 Å². The van der Waals surface area contributed by atoms with E-state index in [-0.39, 0.29) is 11.8 Å². The minimum atomic E-state index is 0.116. The zero-order valence-corrected chi connectivity index (χ0v) is 18.7. The lowest BCUT2D eigenvalue weighted by molar-refractivity contribution is -0.135. The van der Waals surface area contributed by atoms with Crippen LogP contribution in [0.25, 0.3) is 10.2 Å². The SMILES string of the molecule is CN(C)C(=O)CN1CCN(C(=O)CN2CCC(c3nc4ccccc4s3)CC2)CC1. The molecule has 2 amide bonds. The van der Waals surface area contributed by atoms with Gasteiger partial charge < -0.3 is 9.80 Å². The average molecular weight is 430 g/mol. The predicted octanol–water partition coefficient (Wildman–Crippen LogP) is 1.71. The molecule has 0 atom stereocenters. The van der Waals surface area contributed by atoms with Gasteiger partial charge in [0, 0.05) is 46.2 Å². The van der Waals surface area contributed by atoms with Crippen molar-refractivity contribution in [1.29, 1.82) is 0 Å². The van der Waals surface area contributed by atoms with Gasteiger partial charge in [0.05, 0.1) is 28.3 Å². The molecule has 7 nitrogen and oxygen atoms in total. The molecule has 162 valence electrons. The number of piperazine rings is 1. The lowest BCUT2D eigenvalue weighted by Gasteiger charge is -2.37. The van der Waals surface area contributed by atoms with Crippen LogP contribution in [0.3, 0.4) is 0 Å². The lowest BCUT2D eigenvalue weighted by Crippen LogP contribution is -2.53. The van der Waals surface area contributed by atoms with E-state index in [4.69, 9.17) is 4.98 Å². The molecule has 2 fully saturated rings. The fourth-order valence-electron chi connectivity index (χ4n) is 4.18. The third-order valence-corrected chi connectivity index (χ3v) is 7.39. The number of benzene rings is 1. The van der Waals surface area contributed by atoms with Crippen LogP contribution in [0.2, 0.25) is 0 Å². The summed E-state index contributed by atoms with van der Waals surface area (Å²) in [6.45, 7) is 5.80. The molecule has 1 aromatic heterocycles. The highest BCUT2D eigenvalue weighted by Gasteiger charge is 2.27. The Morgan fingerprint density at radius 2 is 1.67 bits per heavy atom. The minimum absolute atomic E-state index is 0.116. The summed E-state index contributed by atoms with van der Waals surface area (Å²) in [6.07, 6.45) is 2.13. The van der Waals surface area contributed by atoms with Crippen LogP contribution >= 0.6 is 11.3 Å². The molecule has 4 rings (SSSR count). The van der Waals surface area contributed by atoms with Gasteiger partial charge in [0.2, 0.25) is 11.8 Å². The Hall–Kier alpha value is -2.03. The van der Waals surface area contributed by atoms with Crippen LogP contribution in [0.4, 0.5) is 0 Å². The number of thiazole rings is 1. The first-order chi connectivity index (χ1) is 14.5.